The Labute approximate surface area is 176 Å². The first-order chi connectivity index (χ1) is 14.5. The lowest BCUT2D eigenvalue weighted by Crippen LogP contribution is -2.41. The molecule has 2 aromatic carbocycles. The fraction of sp³-hybridized carbons (Fsp3) is 0.417. The third-order valence-electron chi connectivity index (χ3n) is 5.78. The molecule has 0 aromatic heterocycles. The first kappa shape index (κ1) is 20.4. The van der Waals surface area contributed by atoms with Gasteiger partial charge in [-0.3, -0.25) is 4.90 Å². The van der Waals surface area contributed by atoms with Gasteiger partial charge in [0.05, 0.1) is 12.6 Å². The predicted molar refractivity (Wildman–Crippen MR) is 112 cm³/mol. The lowest BCUT2D eigenvalue weighted by atomic mass is 9.98. The summed E-state index contributed by atoms with van der Waals surface area (Å²) < 4.78 is 11.4. The molecule has 30 heavy (non-hydrogen) atoms. The van der Waals surface area contributed by atoms with Crippen molar-refractivity contribution in [3.8, 4) is 11.1 Å². The van der Waals surface area contributed by atoms with E-state index >= 15 is 0 Å². The van der Waals surface area contributed by atoms with E-state index in [-0.39, 0.29) is 31.6 Å². The number of ether oxygens (including phenoxy) is 2. The number of hydrogen-bond acceptors (Lipinski definition) is 4. The van der Waals surface area contributed by atoms with Crippen LogP contribution in [0.5, 0.6) is 0 Å². The van der Waals surface area contributed by atoms with Crippen LogP contribution in [0.4, 0.5) is 4.79 Å². The van der Waals surface area contributed by atoms with Gasteiger partial charge in [-0.2, -0.15) is 0 Å². The van der Waals surface area contributed by atoms with Crippen molar-refractivity contribution in [1.82, 2.24) is 4.90 Å². The summed E-state index contributed by atoms with van der Waals surface area (Å²) in [5, 5.41) is 9.56. The van der Waals surface area contributed by atoms with Crippen molar-refractivity contribution in [2.24, 2.45) is 5.92 Å². The van der Waals surface area contributed by atoms with Gasteiger partial charge in [0.2, 0.25) is 0 Å². The molecular weight excluding hydrogens is 382 g/mol. The van der Waals surface area contributed by atoms with Gasteiger partial charge in [0.25, 0.3) is 0 Å². The molecule has 0 saturated carbocycles. The van der Waals surface area contributed by atoms with Crippen molar-refractivity contribution in [1.29, 1.82) is 0 Å². The maximum absolute atomic E-state index is 12.8. The third kappa shape index (κ3) is 3.92. The van der Waals surface area contributed by atoms with Crippen LogP contribution in [0.2, 0.25) is 0 Å². The van der Waals surface area contributed by atoms with Gasteiger partial charge in [0.1, 0.15) is 12.6 Å². The Morgan fingerprint density at radius 2 is 1.67 bits per heavy atom. The first-order valence-corrected chi connectivity index (χ1v) is 10.4. The largest absolute Gasteiger partial charge is 0.480 e. The van der Waals surface area contributed by atoms with Gasteiger partial charge in [-0.15, -0.1) is 0 Å². The molecule has 1 aliphatic heterocycles. The number of likely N-dealkylation sites (tertiary alicyclic amines) is 1. The highest BCUT2D eigenvalue weighted by atomic mass is 16.6. The summed E-state index contributed by atoms with van der Waals surface area (Å²) in [6.45, 7) is 5.02. The Balaban J connectivity index is 1.46. The van der Waals surface area contributed by atoms with E-state index in [0.29, 0.717) is 12.5 Å². The fourth-order valence-corrected chi connectivity index (χ4v) is 4.36. The van der Waals surface area contributed by atoms with Crippen LogP contribution < -0.4 is 0 Å². The molecule has 2 aromatic rings. The molecule has 0 radical (unpaired) electrons. The van der Waals surface area contributed by atoms with Crippen molar-refractivity contribution < 1.29 is 24.2 Å². The van der Waals surface area contributed by atoms with Crippen molar-refractivity contribution in [3.63, 3.8) is 0 Å². The van der Waals surface area contributed by atoms with Gasteiger partial charge in [-0.1, -0.05) is 62.4 Å². The standard InChI is InChI=1S/C24H27NO5/c1-15(2)13-29-16-11-22(23(26)27)25(12-16)24(28)30-14-21-19-9-5-3-7-17(19)18-8-4-6-10-20(18)21/h3-10,15-16,21-22H,11-14H2,1-2H3,(H,26,27)/t16-,22+/m1/s1. The van der Waals surface area contributed by atoms with Crippen molar-refractivity contribution in [2.45, 2.75) is 38.3 Å². The number of carbonyl (C=O) groups is 2. The van der Waals surface area contributed by atoms with E-state index in [1.807, 2.05) is 38.1 Å². The molecule has 1 fully saturated rings. The zero-order valence-corrected chi connectivity index (χ0v) is 17.3. The summed E-state index contributed by atoms with van der Waals surface area (Å²) in [7, 11) is 0. The van der Waals surface area contributed by atoms with Crippen LogP contribution in [0.3, 0.4) is 0 Å². The molecular formula is C24H27NO5. The van der Waals surface area contributed by atoms with Gasteiger partial charge in [-0.25, -0.2) is 9.59 Å². The van der Waals surface area contributed by atoms with Crippen LogP contribution in [0.1, 0.15) is 37.3 Å². The molecule has 1 N–H and O–H groups in total. The van der Waals surface area contributed by atoms with Crippen molar-refractivity contribution >= 4 is 12.1 Å². The summed E-state index contributed by atoms with van der Waals surface area (Å²) in [5.41, 5.74) is 4.56. The number of amides is 1. The van der Waals surface area contributed by atoms with Crippen LogP contribution in [0, 0.1) is 5.92 Å². The summed E-state index contributed by atoms with van der Waals surface area (Å²) in [4.78, 5) is 25.8. The molecule has 1 amide bonds. The summed E-state index contributed by atoms with van der Waals surface area (Å²) in [6, 6.07) is 15.3. The minimum Gasteiger partial charge on any atom is -0.480 e. The Bertz CT molecular complexity index is 895. The highest BCUT2D eigenvalue weighted by molar-refractivity contribution is 5.81. The molecule has 6 nitrogen and oxygen atoms in total. The highest BCUT2D eigenvalue weighted by Crippen LogP contribution is 2.44. The van der Waals surface area contributed by atoms with Crippen LogP contribution >= 0.6 is 0 Å². The molecule has 2 aliphatic rings. The number of benzene rings is 2. The van der Waals surface area contributed by atoms with E-state index in [4.69, 9.17) is 9.47 Å². The SMILES string of the molecule is CC(C)CO[C@@H]1C[C@@H](C(=O)O)N(C(=O)OCC2c3ccccc3-c3ccccc32)C1. The van der Waals surface area contributed by atoms with E-state index in [9.17, 15) is 14.7 Å². The molecule has 6 heteroatoms. The lowest BCUT2D eigenvalue weighted by molar-refractivity contribution is -0.141. The Hall–Kier alpha value is -2.86. The summed E-state index contributed by atoms with van der Waals surface area (Å²) in [6.07, 6.45) is -0.597. The maximum atomic E-state index is 12.8. The molecule has 1 heterocycles. The maximum Gasteiger partial charge on any atom is 0.410 e. The second-order valence-electron chi connectivity index (χ2n) is 8.40. The van der Waals surface area contributed by atoms with Gasteiger partial charge in [0.15, 0.2) is 0 Å². The monoisotopic (exact) mass is 409 g/mol. The Morgan fingerprint density at radius 3 is 2.23 bits per heavy atom. The molecule has 1 aliphatic carbocycles. The van der Waals surface area contributed by atoms with Crippen molar-refractivity contribution in [3.05, 3.63) is 59.7 Å². The topological polar surface area (TPSA) is 76.1 Å². The van der Waals surface area contributed by atoms with Gasteiger partial charge in [0, 0.05) is 18.9 Å². The minimum absolute atomic E-state index is 0.0554. The van der Waals surface area contributed by atoms with Crippen LogP contribution in [-0.4, -0.2) is 54.0 Å². The predicted octanol–water partition coefficient (Wildman–Crippen LogP) is 4.14. The average molecular weight is 409 g/mol. The van der Waals surface area contributed by atoms with E-state index in [2.05, 4.69) is 24.3 Å². The van der Waals surface area contributed by atoms with Crippen LogP contribution in [-0.2, 0) is 14.3 Å². The Kier molecular flexibility index (Phi) is 5.77. The summed E-state index contributed by atoms with van der Waals surface area (Å²) in [5.74, 6) is -0.740. The van der Waals surface area contributed by atoms with Gasteiger partial charge >= 0.3 is 12.1 Å². The van der Waals surface area contributed by atoms with E-state index in [1.165, 1.54) is 4.90 Å². The third-order valence-corrected chi connectivity index (χ3v) is 5.78. The van der Waals surface area contributed by atoms with E-state index in [1.54, 1.807) is 0 Å². The molecule has 158 valence electrons. The van der Waals surface area contributed by atoms with Crippen molar-refractivity contribution in [2.75, 3.05) is 19.8 Å². The number of carboxylic acid groups (broad SMARTS) is 1. The molecule has 0 bridgehead atoms. The zero-order chi connectivity index (χ0) is 21.3. The van der Waals surface area contributed by atoms with Crippen LogP contribution in [0.15, 0.2) is 48.5 Å². The number of carboxylic acids is 1. The van der Waals surface area contributed by atoms with Gasteiger partial charge in [-0.05, 0) is 28.2 Å². The quantitative estimate of drug-likeness (QED) is 0.776. The number of aliphatic carboxylic acids is 1. The van der Waals surface area contributed by atoms with E-state index in [0.717, 1.165) is 22.3 Å². The first-order valence-electron chi connectivity index (χ1n) is 10.4. The lowest BCUT2D eigenvalue weighted by Gasteiger charge is -2.22. The number of carbonyl (C=O) groups excluding carboxylic acids is 1. The number of hydrogen-bond donors (Lipinski definition) is 1. The molecule has 4 rings (SSSR count). The second kappa shape index (κ2) is 8.48. The minimum atomic E-state index is -1.03. The Morgan fingerprint density at radius 1 is 1.07 bits per heavy atom. The normalized spacial score (nSPS) is 20.3. The molecule has 0 spiro atoms. The zero-order valence-electron chi connectivity index (χ0n) is 17.3. The van der Waals surface area contributed by atoms with Crippen LogP contribution in [0.25, 0.3) is 11.1 Å². The molecule has 1 saturated heterocycles. The molecule has 0 unspecified atom stereocenters. The number of rotatable bonds is 6. The van der Waals surface area contributed by atoms with Gasteiger partial charge < -0.3 is 14.6 Å². The highest BCUT2D eigenvalue weighted by Gasteiger charge is 2.41. The summed E-state index contributed by atoms with van der Waals surface area (Å²) >= 11 is 0. The average Bonchev–Trinajstić information content (AvgIpc) is 3.31. The second-order valence-corrected chi connectivity index (χ2v) is 8.40. The number of nitrogens with zero attached hydrogens (tertiary/aromatic N) is 1. The number of fused-ring (bicyclic) bond motifs is 3. The smallest absolute Gasteiger partial charge is 0.410 e. The van der Waals surface area contributed by atoms with E-state index < -0.39 is 18.1 Å². The fourth-order valence-electron chi connectivity index (χ4n) is 4.36. The molecule has 2 atom stereocenters.